The molecule has 1 N–H and O–H groups in total. The van der Waals surface area contributed by atoms with E-state index < -0.39 is 9.84 Å². The third kappa shape index (κ3) is 6.39. The number of rotatable bonds is 8. The molecule has 0 aromatic heterocycles. The molecule has 7 heteroatoms. The number of ether oxygens (including phenoxy) is 2. The lowest BCUT2D eigenvalue weighted by Gasteiger charge is -2.29. The molecule has 0 atom stereocenters. The highest BCUT2D eigenvalue weighted by molar-refractivity contribution is 7.91. The zero-order chi connectivity index (χ0) is 25.8. The molecule has 0 spiro atoms. The molecule has 2 aliphatic rings. The molecule has 0 radical (unpaired) electrons. The van der Waals surface area contributed by atoms with Gasteiger partial charge in [-0.05, 0) is 111 Å². The number of hydrogen-bond acceptors (Lipinski definition) is 6. The smallest absolute Gasteiger partial charge is 0.150 e. The fraction of sp³-hybridized carbons (Fsp3) is 0.467. The van der Waals surface area contributed by atoms with E-state index in [0.717, 1.165) is 66.1 Å². The van der Waals surface area contributed by atoms with Gasteiger partial charge in [0.1, 0.15) is 39.4 Å². The Hall–Kier alpha value is -2.77. The molecule has 0 bridgehead atoms. The Kier molecular flexibility index (Phi) is 7.91. The predicted octanol–water partition coefficient (Wildman–Crippen LogP) is 6.27. The molecule has 198 valence electrons. The van der Waals surface area contributed by atoms with Gasteiger partial charge in [0.05, 0.1) is 5.25 Å². The van der Waals surface area contributed by atoms with Gasteiger partial charge in [-0.1, -0.05) is 18.6 Å². The highest BCUT2D eigenvalue weighted by Gasteiger charge is 2.30. The van der Waals surface area contributed by atoms with Crippen molar-refractivity contribution in [3.05, 3.63) is 60.2 Å². The van der Waals surface area contributed by atoms with Gasteiger partial charge in [0.2, 0.25) is 0 Å². The van der Waals surface area contributed by atoms with Crippen molar-refractivity contribution in [3.63, 3.8) is 0 Å². The fourth-order valence-corrected chi connectivity index (χ4v) is 6.87. The van der Waals surface area contributed by atoms with Crippen LogP contribution in [0.1, 0.15) is 56.4 Å². The van der Waals surface area contributed by atoms with E-state index in [-0.39, 0.29) is 16.9 Å². The van der Waals surface area contributed by atoms with Crippen molar-refractivity contribution < 1.29 is 23.0 Å². The number of phenols is 1. The number of fused-ring (bicyclic) bond motifs is 1. The van der Waals surface area contributed by atoms with Crippen molar-refractivity contribution in [3.8, 4) is 23.0 Å². The maximum Gasteiger partial charge on any atom is 0.150 e. The van der Waals surface area contributed by atoms with Gasteiger partial charge in [-0.25, -0.2) is 8.42 Å². The molecule has 3 aromatic rings. The Balaban J connectivity index is 1.32. The number of sulfone groups is 1. The first-order valence-corrected chi connectivity index (χ1v) is 15.4. The van der Waals surface area contributed by atoms with Crippen LogP contribution in [0.5, 0.6) is 23.0 Å². The Labute approximate surface area is 220 Å². The molecular formula is C30H37NO5S. The van der Waals surface area contributed by atoms with Gasteiger partial charge >= 0.3 is 0 Å². The third-order valence-electron chi connectivity index (χ3n) is 7.87. The zero-order valence-electron chi connectivity index (χ0n) is 21.6. The second-order valence-electron chi connectivity index (χ2n) is 10.5. The fourth-order valence-electron chi connectivity index (χ4n) is 5.74. The number of nitrogens with zero attached hydrogens (tertiary/aromatic N) is 1. The molecule has 0 unspecified atom stereocenters. The number of hydrogen-bond donors (Lipinski definition) is 1. The van der Waals surface area contributed by atoms with Gasteiger partial charge in [0, 0.05) is 18.2 Å². The molecule has 3 aromatic carbocycles. The van der Waals surface area contributed by atoms with E-state index in [4.69, 9.17) is 9.47 Å². The number of benzene rings is 3. The standard InChI is InChI=1S/C30H37NO5S/c1-37(33,34)27-13-5-22(6-14-27)28-15-7-23-21-24(32)8-16-29(23)30(28)36-26-11-9-25(10-12-26)35-20-19-31-17-3-2-4-18-31/h7-12,15-16,21-22,27,32H,2-6,13-14,17-20H2,1H3. The average molecular weight is 524 g/mol. The normalized spacial score (nSPS) is 21.1. The first kappa shape index (κ1) is 25.9. The molecule has 2 fully saturated rings. The van der Waals surface area contributed by atoms with Crippen molar-refractivity contribution >= 4 is 20.6 Å². The van der Waals surface area contributed by atoms with Gasteiger partial charge in [0.15, 0.2) is 0 Å². The van der Waals surface area contributed by atoms with Crippen molar-refractivity contribution in [1.29, 1.82) is 0 Å². The minimum Gasteiger partial charge on any atom is -0.508 e. The minimum absolute atomic E-state index is 0.214. The summed E-state index contributed by atoms with van der Waals surface area (Å²) in [5, 5.41) is 11.6. The summed E-state index contributed by atoms with van der Waals surface area (Å²) in [5.74, 6) is 2.76. The SMILES string of the molecule is CS(=O)(=O)C1CCC(c2ccc3cc(O)ccc3c2Oc2ccc(OCCN3CCCCC3)cc2)CC1. The second kappa shape index (κ2) is 11.3. The number of phenolic OH excluding ortho intramolecular Hbond substituents is 1. The van der Waals surface area contributed by atoms with Crippen LogP contribution in [0.15, 0.2) is 54.6 Å². The lowest BCUT2D eigenvalue weighted by atomic mass is 9.82. The molecule has 6 nitrogen and oxygen atoms in total. The van der Waals surface area contributed by atoms with Crippen LogP contribution in [0.25, 0.3) is 10.8 Å². The highest BCUT2D eigenvalue weighted by Crippen LogP contribution is 2.44. The summed E-state index contributed by atoms with van der Waals surface area (Å²) in [6.45, 7) is 3.95. The molecule has 5 rings (SSSR count). The maximum absolute atomic E-state index is 12.1. The lowest BCUT2D eigenvalue weighted by Crippen LogP contribution is -2.33. The molecule has 37 heavy (non-hydrogen) atoms. The summed E-state index contributed by atoms with van der Waals surface area (Å²) < 4.78 is 36.6. The summed E-state index contributed by atoms with van der Waals surface area (Å²) in [6, 6.07) is 17.1. The topological polar surface area (TPSA) is 76.1 Å². The van der Waals surface area contributed by atoms with Crippen molar-refractivity contribution in [1.82, 2.24) is 4.90 Å². The summed E-state index contributed by atoms with van der Waals surface area (Å²) in [6.07, 6.45) is 8.18. The number of piperidine rings is 1. The molecule has 1 aliphatic heterocycles. The van der Waals surface area contributed by atoms with Crippen LogP contribution in [-0.2, 0) is 9.84 Å². The first-order chi connectivity index (χ1) is 17.9. The van der Waals surface area contributed by atoms with E-state index >= 15 is 0 Å². The lowest BCUT2D eigenvalue weighted by molar-refractivity contribution is 0.183. The quantitative estimate of drug-likeness (QED) is 0.375. The largest absolute Gasteiger partial charge is 0.508 e. The van der Waals surface area contributed by atoms with Crippen molar-refractivity contribution in [2.24, 2.45) is 0 Å². The van der Waals surface area contributed by atoms with E-state index in [2.05, 4.69) is 11.0 Å². The van der Waals surface area contributed by atoms with Crippen LogP contribution in [0.3, 0.4) is 0 Å². The van der Waals surface area contributed by atoms with E-state index in [9.17, 15) is 13.5 Å². The van der Waals surface area contributed by atoms with Crippen LogP contribution in [0, 0.1) is 0 Å². The number of likely N-dealkylation sites (tertiary alicyclic amines) is 1. The molecule has 0 amide bonds. The van der Waals surface area contributed by atoms with E-state index in [1.54, 1.807) is 12.1 Å². The van der Waals surface area contributed by atoms with E-state index in [1.807, 2.05) is 36.4 Å². The minimum atomic E-state index is -3.02. The Morgan fingerprint density at radius 2 is 1.59 bits per heavy atom. The molecule has 1 saturated carbocycles. The van der Waals surface area contributed by atoms with Crippen LogP contribution in [-0.4, -0.2) is 56.2 Å². The third-order valence-corrected chi connectivity index (χ3v) is 9.55. The average Bonchev–Trinajstić information content (AvgIpc) is 2.90. The van der Waals surface area contributed by atoms with E-state index in [0.29, 0.717) is 19.4 Å². The second-order valence-corrected chi connectivity index (χ2v) is 12.8. The summed E-state index contributed by atoms with van der Waals surface area (Å²) in [4.78, 5) is 2.46. The van der Waals surface area contributed by atoms with Gasteiger partial charge < -0.3 is 14.6 Å². The van der Waals surface area contributed by atoms with Crippen LogP contribution < -0.4 is 9.47 Å². The Bertz CT molecular complexity index is 1310. The predicted molar refractivity (Wildman–Crippen MR) is 148 cm³/mol. The molecular weight excluding hydrogens is 486 g/mol. The zero-order valence-corrected chi connectivity index (χ0v) is 22.4. The van der Waals surface area contributed by atoms with Crippen LogP contribution in [0.2, 0.25) is 0 Å². The van der Waals surface area contributed by atoms with Gasteiger partial charge in [-0.2, -0.15) is 0 Å². The molecule has 1 aliphatic carbocycles. The molecule has 1 heterocycles. The number of aromatic hydroxyl groups is 1. The first-order valence-electron chi connectivity index (χ1n) is 13.4. The molecule has 1 saturated heterocycles. The van der Waals surface area contributed by atoms with Crippen molar-refractivity contribution in [2.45, 2.75) is 56.1 Å². The monoisotopic (exact) mass is 523 g/mol. The summed E-state index contributed by atoms with van der Waals surface area (Å²) >= 11 is 0. The maximum atomic E-state index is 12.1. The van der Waals surface area contributed by atoms with E-state index in [1.165, 1.54) is 25.5 Å². The Morgan fingerprint density at radius 3 is 2.30 bits per heavy atom. The highest BCUT2D eigenvalue weighted by atomic mass is 32.2. The summed E-state index contributed by atoms with van der Waals surface area (Å²) in [5.41, 5.74) is 1.09. The van der Waals surface area contributed by atoms with Crippen LogP contribution in [0.4, 0.5) is 0 Å². The van der Waals surface area contributed by atoms with Gasteiger partial charge in [-0.15, -0.1) is 0 Å². The Morgan fingerprint density at radius 1 is 0.892 bits per heavy atom. The van der Waals surface area contributed by atoms with Gasteiger partial charge in [0.25, 0.3) is 0 Å². The van der Waals surface area contributed by atoms with Gasteiger partial charge in [-0.3, -0.25) is 4.90 Å². The van der Waals surface area contributed by atoms with Crippen molar-refractivity contribution in [2.75, 3.05) is 32.5 Å². The van der Waals surface area contributed by atoms with Crippen LogP contribution >= 0.6 is 0 Å². The summed E-state index contributed by atoms with van der Waals surface area (Å²) in [7, 11) is -3.02.